The summed E-state index contributed by atoms with van der Waals surface area (Å²) < 4.78 is 0.509. The van der Waals surface area contributed by atoms with Crippen LogP contribution in [0.15, 0.2) is 39.8 Å². The lowest BCUT2D eigenvalue weighted by Gasteiger charge is -2.04. The molecule has 2 aromatic rings. The average molecular weight is 349 g/mol. The van der Waals surface area contributed by atoms with E-state index in [2.05, 4.69) is 20.9 Å². The molecule has 0 saturated carbocycles. The van der Waals surface area contributed by atoms with E-state index >= 15 is 0 Å². The first-order chi connectivity index (χ1) is 9.90. The first-order valence-corrected chi connectivity index (χ1v) is 6.96. The van der Waals surface area contributed by atoms with Crippen molar-refractivity contribution in [2.24, 2.45) is 4.99 Å². The fraction of sp³-hybridized carbons (Fsp3) is 0.133. The van der Waals surface area contributed by atoms with Crippen molar-refractivity contribution in [3.63, 3.8) is 0 Å². The van der Waals surface area contributed by atoms with Crippen LogP contribution in [0.2, 0.25) is 0 Å². The summed E-state index contributed by atoms with van der Waals surface area (Å²) in [4.78, 5) is 14.6. The zero-order valence-electron chi connectivity index (χ0n) is 11.5. The Morgan fingerprint density at radius 1 is 1.33 bits per heavy atom. The molecule has 0 heterocycles. The van der Waals surface area contributed by atoms with Gasteiger partial charge in [0, 0.05) is 22.3 Å². The van der Waals surface area contributed by atoms with E-state index in [9.17, 15) is 15.2 Å². The maximum atomic E-state index is 10.9. The molecule has 0 aromatic heterocycles. The van der Waals surface area contributed by atoms with Crippen LogP contribution >= 0.6 is 15.9 Å². The van der Waals surface area contributed by atoms with Crippen LogP contribution in [0.3, 0.4) is 0 Å². The molecule has 5 nitrogen and oxygen atoms in total. The highest BCUT2D eigenvalue weighted by Gasteiger charge is 2.17. The van der Waals surface area contributed by atoms with Gasteiger partial charge in [-0.1, -0.05) is 28.1 Å². The minimum atomic E-state index is -0.630. The van der Waals surface area contributed by atoms with Crippen LogP contribution in [0.4, 0.5) is 11.4 Å². The minimum Gasteiger partial charge on any atom is -0.502 e. The van der Waals surface area contributed by atoms with E-state index < -0.39 is 10.7 Å². The Balaban J connectivity index is 2.46. The fourth-order valence-corrected chi connectivity index (χ4v) is 2.32. The quantitative estimate of drug-likeness (QED) is 0.506. The highest BCUT2D eigenvalue weighted by Crippen LogP contribution is 2.33. The van der Waals surface area contributed by atoms with Gasteiger partial charge in [-0.05, 0) is 37.1 Å². The van der Waals surface area contributed by atoms with Crippen LogP contribution in [0.25, 0.3) is 0 Å². The highest BCUT2D eigenvalue weighted by molar-refractivity contribution is 9.10. The molecule has 6 heteroatoms. The standard InChI is InChI=1S/C15H13BrN2O3/c1-9-4-3-5-13(10(9)2)17-8-11-6-12(16)7-14(15(11)19)18(20)21/h3-8,19H,1-2H3/b17-8+. The number of aromatic hydroxyl groups is 1. The van der Waals surface area contributed by atoms with Gasteiger partial charge in [-0.3, -0.25) is 15.1 Å². The number of nitro groups is 1. The summed E-state index contributed by atoms with van der Waals surface area (Å²) in [5, 5.41) is 20.8. The summed E-state index contributed by atoms with van der Waals surface area (Å²) in [6.45, 7) is 3.93. The number of rotatable bonds is 3. The molecule has 0 amide bonds. The van der Waals surface area contributed by atoms with Crippen LogP contribution in [-0.4, -0.2) is 16.2 Å². The van der Waals surface area contributed by atoms with Gasteiger partial charge < -0.3 is 5.11 Å². The first-order valence-electron chi connectivity index (χ1n) is 6.17. The SMILES string of the molecule is Cc1cccc(/N=C/c2cc(Br)cc([N+](=O)[O-])c2O)c1C. The number of halogens is 1. The van der Waals surface area contributed by atoms with Crippen molar-refractivity contribution >= 4 is 33.5 Å². The predicted octanol–water partition coefficient (Wildman–Crippen LogP) is 4.43. The smallest absolute Gasteiger partial charge is 0.312 e. The summed E-state index contributed by atoms with van der Waals surface area (Å²) in [6.07, 6.45) is 1.43. The molecule has 0 spiro atoms. The van der Waals surface area contributed by atoms with Gasteiger partial charge in [-0.2, -0.15) is 0 Å². The highest BCUT2D eigenvalue weighted by atomic mass is 79.9. The second-order valence-electron chi connectivity index (χ2n) is 4.60. The molecule has 2 rings (SSSR count). The fourth-order valence-electron chi connectivity index (χ4n) is 1.86. The lowest BCUT2D eigenvalue weighted by atomic mass is 10.1. The van der Waals surface area contributed by atoms with E-state index in [0.717, 1.165) is 16.8 Å². The van der Waals surface area contributed by atoms with E-state index in [-0.39, 0.29) is 11.3 Å². The van der Waals surface area contributed by atoms with E-state index in [0.29, 0.717) is 4.47 Å². The summed E-state index contributed by atoms with van der Waals surface area (Å²) in [5.41, 5.74) is 2.83. The van der Waals surface area contributed by atoms with Gasteiger partial charge in [0.15, 0.2) is 0 Å². The third-order valence-electron chi connectivity index (χ3n) is 3.20. The number of hydrogen-bond donors (Lipinski definition) is 1. The van der Waals surface area contributed by atoms with Gasteiger partial charge in [-0.15, -0.1) is 0 Å². The molecule has 0 unspecified atom stereocenters. The number of aliphatic imine (C=N–C) groups is 1. The van der Waals surface area contributed by atoms with Gasteiger partial charge in [0.05, 0.1) is 10.6 Å². The van der Waals surface area contributed by atoms with Crippen molar-refractivity contribution in [3.8, 4) is 5.75 Å². The predicted molar refractivity (Wildman–Crippen MR) is 85.6 cm³/mol. The normalized spacial score (nSPS) is 11.0. The van der Waals surface area contributed by atoms with Crippen molar-refractivity contribution in [1.29, 1.82) is 0 Å². The third-order valence-corrected chi connectivity index (χ3v) is 3.66. The van der Waals surface area contributed by atoms with E-state index in [1.807, 2.05) is 32.0 Å². The maximum absolute atomic E-state index is 10.9. The van der Waals surface area contributed by atoms with E-state index in [1.165, 1.54) is 12.3 Å². The molecule has 0 aliphatic heterocycles. The Kier molecular flexibility index (Phi) is 4.37. The van der Waals surface area contributed by atoms with Crippen molar-refractivity contribution in [1.82, 2.24) is 0 Å². The van der Waals surface area contributed by atoms with Crippen LogP contribution in [0, 0.1) is 24.0 Å². The summed E-state index contributed by atoms with van der Waals surface area (Å²) in [7, 11) is 0. The van der Waals surface area contributed by atoms with Crippen molar-refractivity contribution in [3.05, 3.63) is 61.6 Å². The minimum absolute atomic E-state index is 0.289. The molecule has 108 valence electrons. The van der Waals surface area contributed by atoms with Gasteiger partial charge in [0.25, 0.3) is 0 Å². The van der Waals surface area contributed by atoms with Crippen LogP contribution < -0.4 is 0 Å². The Hall–Kier alpha value is -2.21. The first kappa shape index (κ1) is 15.2. The van der Waals surface area contributed by atoms with E-state index in [4.69, 9.17) is 0 Å². The number of phenolic OH excluding ortho intramolecular Hbond substituents is 1. The number of nitrogens with zero attached hydrogens (tertiary/aromatic N) is 2. The topological polar surface area (TPSA) is 75.7 Å². The lowest BCUT2D eigenvalue weighted by molar-refractivity contribution is -0.385. The number of phenols is 1. The Bertz CT molecular complexity index is 742. The molecule has 0 bridgehead atoms. The molecule has 21 heavy (non-hydrogen) atoms. The Morgan fingerprint density at radius 2 is 2.05 bits per heavy atom. The molecular formula is C15H13BrN2O3. The zero-order chi connectivity index (χ0) is 15.6. The molecule has 0 fully saturated rings. The van der Waals surface area contributed by atoms with Gasteiger partial charge in [0.2, 0.25) is 5.75 Å². The molecule has 1 N–H and O–H groups in total. The zero-order valence-corrected chi connectivity index (χ0v) is 13.1. The molecule has 2 aromatic carbocycles. The van der Waals surface area contributed by atoms with Crippen LogP contribution in [-0.2, 0) is 0 Å². The molecule has 0 atom stereocenters. The maximum Gasteiger partial charge on any atom is 0.312 e. The Morgan fingerprint density at radius 3 is 2.71 bits per heavy atom. The summed E-state index contributed by atoms with van der Waals surface area (Å²) in [5.74, 6) is -0.391. The molecular weight excluding hydrogens is 336 g/mol. The molecule has 0 radical (unpaired) electrons. The van der Waals surface area contributed by atoms with Crippen molar-refractivity contribution in [2.45, 2.75) is 13.8 Å². The van der Waals surface area contributed by atoms with Crippen molar-refractivity contribution < 1.29 is 10.0 Å². The third kappa shape index (κ3) is 3.28. The average Bonchev–Trinajstić information content (AvgIpc) is 2.43. The Labute approximate surface area is 130 Å². The number of nitro benzene ring substituents is 1. The largest absolute Gasteiger partial charge is 0.502 e. The second kappa shape index (κ2) is 6.05. The van der Waals surface area contributed by atoms with Gasteiger partial charge in [-0.25, -0.2) is 0 Å². The molecule has 0 aliphatic rings. The summed E-state index contributed by atoms with van der Waals surface area (Å²) >= 11 is 3.19. The molecule has 0 aliphatic carbocycles. The summed E-state index contributed by atoms with van der Waals surface area (Å²) in [6, 6.07) is 8.55. The second-order valence-corrected chi connectivity index (χ2v) is 5.51. The van der Waals surface area contributed by atoms with Crippen molar-refractivity contribution in [2.75, 3.05) is 0 Å². The monoisotopic (exact) mass is 348 g/mol. The number of hydrogen-bond acceptors (Lipinski definition) is 4. The number of aryl methyl sites for hydroxylation is 1. The van der Waals surface area contributed by atoms with Crippen LogP contribution in [0.5, 0.6) is 5.75 Å². The van der Waals surface area contributed by atoms with Crippen LogP contribution in [0.1, 0.15) is 16.7 Å². The van der Waals surface area contributed by atoms with E-state index in [1.54, 1.807) is 6.07 Å². The van der Waals surface area contributed by atoms with Gasteiger partial charge >= 0.3 is 5.69 Å². The van der Waals surface area contributed by atoms with Gasteiger partial charge in [0.1, 0.15) is 0 Å². The molecule has 0 saturated heterocycles. The lowest BCUT2D eigenvalue weighted by Crippen LogP contribution is -1.93. The number of benzene rings is 2.